The molecular weight excluding hydrogens is 331 g/mol. The first-order valence-electron chi connectivity index (χ1n) is 5.52. The summed E-state index contributed by atoms with van der Waals surface area (Å²) in [6.45, 7) is 0. The summed E-state index contributed by atoms with van der Waals surface area (Å²) in [5.74, 6) is -4.48. The minimum atomic E-state index is -4.48. The molecule has 3 atom stereocenters. The van der Waals surface area contributed by atoms with Crippen LogP contribution in [-0.4, -0.2) is 22.3 Å². The highest BCUT2D eigenvalue weighted by Gasteiger charge is 2.71. The van der Waals surface area contributed by atoms with E-state index in [1.807, 2.05) is 0 Å². The third-order valence-electron chi connectivity index (χ3n) is 3.12. The molecule has 19 heavy (non-hydrogen) atoms. The molecule has 0 N–H and O–H groups in total. The summed E-state index contributed by atoms with van der Waals surface area (Å²) in [6, 6.07) is 7.79. The molecule has 0 amide bonds. The Morgan fingerprint density at radius 1 is 1.05 bits per heavy atom. The molecule has 1 aromatic rings. The highest BCUT2D eigenvalue weighted by Crippen LogP contribution is 2.54. The largest absolute Gasteiger partial charge is 0.328 e. The zero-order valence-corrected chi connectivity index (χ0v) is 11.2. The molecule has 6 heteroatoms. The summed E-state index contributed by atoms with van der Waals surface area (Å²) in [4.78, 5) is 0. The van der Waals surface area contributed by atoms with Crippen LogP contribution in [0.3, 0.4) is 0 Å². The van der Waals surface area contributed by atoms with E-state index in [9.17, 15) is 22.0 Å². The molecule has 0 fully saturated rings. The molecule has 0 spiro atoms. The van der Waals surface area contributed by atoms with Crippen molar-refractivity contribution in [2.75, 3.05) is 0 Å². The van der Waals surface area contributed by atoms with Gasteiger partial charge in [-0.15, -0.1) is 0 Å². The van der Waals surface area contributed by atoms with E-state index in [2.05, 4.69) is 15.9 Å². The van der Waals surface area contributed by atoms with E-state index in [-0.39, 0.29) is 0 Å². The molecule has 0 aromatic heterocycles. The molecule has 0 heterocycles. The Bertz CT molecular complexity index is 485. The Balaban J connectivity index is 2.40. The second-order valence-corrected chi connectivity index (χ2v) is 5.58. The fourth-order valence-electron chi connectivity index (χ4n) is 1.98. The van der Waals surface area contributed by atoms with Crippen molar-refractivity contribution in [1.29, 1.82) is 0 Å². The third kappa shape index (κ3) is 2.20. The van der Waals surface area contributed by atoms with Gasteiger partial charge in [-0.1, -0.05) is 30.3 Å². The topological polar surface area (TPSA) is 0 Å². The van der Waals surface area contributed by atoms with Crippen LogP contribution in [0.5, 0.6) is 0 Å². The maximum Gasteiger partial charge on any atom is 0.328 e. The Morgan fingerprint density at radius 3 is 2.21 bits per heavy atom. The van der Waals surface area contributed by atoms with E-state index in [0.717, 1.165) is 0 Å². The Labute approximate surface area is 115 Å². The maximum atomic E-state index is 14.5. The zero-order valence-electron chi connectivity index (χ0n) is 9.59. The summed E-state index contributed by atoms with van der Waals surface area (Å²) >= 11 is 2.05. The molecule has 0 saturated heterocycles. The number of rotatable bonds is 2. The van der Waals surface area contributed by atoms with Crippen LogP contribution in [0.15, 0.2) is 42.5 Å². The van der Waals surface area contributed by atoms with Crippen molar-refractivity contribution >= 4 is 15.9 Å². The molecule has 1 aromatic carbocycles. The number of hydrogen-bond donors (Lipinski definition) is 0. The molecule has 0 nitrogen and oxygen atoms in total. The fraction of sp³-hybridized carbons (Fsp3) is 0.385. The van der Waals surface area contributed by atoms with Gasteiger partial charge in [0, 0.05) is 6.42 Å². The van der Waals surface area contributed by atoms with Crippen LogP contribution in [0.4, 0.5) is 22.0 Å². The molecular formula is C13H10BrF5. The van der Waals surface area contributed by atoms with E-state index < -0.39 is 28.8 Å². The average molecular weight is 341 g/mol. The van der Waals surface area contributed by atoms with E-state index in [1.165, 1.54) is 12.1 Å². The SMILES string of the molecule is FC1C=CC(F)(Cc2ccccc2)C(F)(Br)C1(F)F. The van der Waals surface area contributed by atoms with Crippen molar-refractivity contribution in [1.82, 2.24) is 0 Å². The maximum absolute atomic E-state index is 14.5. The smallest absolute Gasteiger partial charge is 0.236 e. The van der Waals surface area contributed by atoms with Crippen LogP contribution in [-0.2, 0) is 6.42 Å². The fourth-order valence-corrected chi connectivity index (χ4v) is 2.47. The first kappa shape index (κ1) is 14.5. The van der Waals surface area contributed by atoms with Crippen molar-refractivity contribution in [2.24, 2.45) is 0 Å². The molecule has 2 rings (SSSR count). The average Bonchev–Trinajstić information content (AvgIpc) is 2.35. The Kier molecular flexibility index (Phi) is 3.49. The highest BCUT2D eigenvalue weighted by molar-refractivity contribution is 9.10. The Morgan fingerprint density at radius 2 is 1.63 bits per heavy atom. The van der Waals surface area contributed by atoms with Crippen LogP contribution in [0.2, 0.25) is 0 Å². The third-order valence-corrected chi connectivity index (χ3v) is 4.31. The van der Waals surface area contributed by atoms with Gasteiger partial charge in [0.05, 0.1) is 0 Å². The number of alkyl halides is 6. The molecule has 1 aliphatic carbocycles. The lowest BCUT2D eigenvalue weighted by Gasteiger charge is -2.42. The van der Waals surface area contributed by atoms with Crippen LogP contribution in [0.1, 0.15) is 5.56 Å². The van der Waals surface area contributed by atoms with E-state index in [4.69, 9.17) is 0 Å². The predicted octanol–water partition coefficient (Wildman–Crippen LogP) is 4.54. The second-order valence-electron chi connectivity index (χ2n) is 4.48. The quantitative estimate of drug-likeness (QED) is 0.421. The van der Waals surface area contributed by atoms with Gasteiger partial charge < -0.3 is 0 Å². The highest BCUT2D eigenvalue weighted by atomic mass is 79.9. The molecule has 0 saturated carbocycles. The Hall–Kier alpha value is -0.910. The van der Waals surface area contributed by atoms with Crippen LogP contribution < -0.4 is 0 Å². The summed E-state index contributed by atoms with van der Waals surface area (Å²) in [6.07, 6.45) is -2.59. The number of allylic oxidation sites excluding steroid dienone is 2. The minimum absolute atomic E-state index is 0.337. The summed E-state index contributed by atoms with van der Waals surface area (Å²) < 4.78 is 64.9. The van der Waals surface area contributed by atoms with Crippen molar-refractivity contribution in [3.05, 3.63) is 48.0 Å². The van der Waals surface area contributed by atoms with Gasteiger partial charge in [-0.05, 0) is 33.6 Å². The molecule has 104 valence electrons. The number of halogens is 6. The van der Waals surface area contributed by atoms with Crippen LogP contribution in [0, 0.1) is 0 Å². The van der Waals surface area contributed by atoms with Gasteiger partial charge in [0.1, 0.15) is 0 Å². The first-order chi connectivity index (χ1) is 8.71. The van der Waals surface area contributed by atoms with E-state index >= 15 is 0 Å². The minimum Gasteiger partial charge on any atom is -0.236 e. The summed E-state index contributed by atoms with van der Waals surface area (Å²) in [7, 11) is 0. The number of hydrogen-bond acceptors (Lipinski definition) is 0. The van der Waals surface area contributed by atoms with Crippen molar-refractivity contribution in [3.8, 4) is 0 Å². The molecule has 0 aliphatic heterocycles. The van der Waals surface area contributed by atoms with Crippen molar-refractivity contribution in [3.63, 3.8) is 0 Å². The predicted molar refractivity (Wildman–Crippen MR) is 65.7 cm³/mol. The lowest BCUT2D eigenvalue weighted by Crippen LogP contribution is -2.61. The lowest BCUT2D eigenvalue weighted by atomic mass is 9.82. The van der Waals surface area contributed by atoms with E-state index in [0.29, 0.717) is 17.7 Å². The van der Waals surface area contributed by atoms with Gasteiger partial charge >= 0.3 is 5.92 Å². The first-order valence-corrected chi connectivity index (χ1v) is 6.32. The van der Waals surface area contributed by atoms with Gasteiger partial charge in [0.2, 0.25) is 0 Å². The summed E-state index contributed by atoms with van der Waals surface area (Å²) in [5, 5.41) is 0. The van der Waals surface area contributed by atoms with Gasteiger partial charge in [0.25, 0.3) is 4.58 Å². The van der Waals surface area contributed by atoms with Gasteiger partial charge in [-0.25, -0.2) is 13.2 Å². The molecule has 1 aliphatic rings. The van der Waals surface area contributed by atoms with E-state index in [1.54, 1.807) is 18.2 Å². The van der Waals surface area contributed by atoms with Crippen molar-refractivity contribution < 1.29 is 22.0 Å². The molecule has 3 unspecified atom stereocenters. The van der Waals surface area contributed by atoms with Crippen molar-refractivity contribution in [2.45, 2.75) is 28.8 Å². The monoisotopic (exact) mass is 340 g/mol. The molecule has 0 bridgehead atoms. The summed E-state index contributed by atoms with van der Waals surface area (Å²) in [5.41, 5.74) is -2.69. The van der Waals surface area contributed by atoms with Gasteiger partial charge in [-0.3, -0.25) is 0 Å². The number of benzene rings is 1. The standard InChI is InChI=1S/C13H10BrF5/c14-13(19)11(16,7-6-10(15)12(13,17)18)8-9-4-2-1-3-5-9/h1-7,10H,8H2. The molecule has 0 radical (unpaired) electrons. The van der Waals surface area contributed by atoms with Crippen LogP contribution in [0.25, 0.3) is 0 Å². The normalized spacial score (nSPS) is 37.3. The second kappa shape index (κ2) is 4.58. The van der Waals surface area contributed by atoms with Gasteiger partial charge in [0.15, 0.2) is 11.8 Å². The van der Waals surface area contributed by atoms with Gasteiger partial charge in [-0.2, -0.15) is 8.78 Å². The lowest BCUT2D eigenvalue weighted by molar-refractivity contribution is -0.171. The van der Waals surface area contributed by atoms with Crippen LogP contribution >= 0.6 is 15.9 Å². The zero-order chi connectivity index (χ0) is 14.3.